The predicted molar refractivity (Wildman–Crippen MR) is 70.8 cm³/mol. The van der Waals surface area contributed by atoms with E-state index in [1.54, 1.807) is 0 Å². The van der Waals surface area contributed by atoms with Crippen molar-refractivity contribution in [2.45, 2.75) is 38.9 Å². The summed E-state index contributed by atoms with van der Waals surface area (Å²) in [6.45, 7) is 4.09. The van der Waals surface area contributed by atoms with Crippen molar-refractivity contribution in [2.24, 2.45) is 0 Å². The Morgan fingerprint density at radius 3 is 2.41 bits per heavy atom. The highest BCUT2D eigenvalue weighted by molar-refractivity contribution is 6.51. The highest BCUT2D eigenvalue weighted by atomic mass is 16.6. The lowest BCUT2D eigenvalue weighted by Crippen LogP contribution is -2.13. The van der Waals surface area contributed by atoms with Gasteiger partial charge >= 0.3 is 7.12 Å². The summed E-state index contributed by atoms with van der Waals surface area (Å²) >= 11 is 0. The van der Waals surface area contributed by atoms with Crippen molar-refractivity contribution >= 4 is 7.12 Å². The Kier molecular flexibility index (Phi) is 4.40. The minimum absolute atomic E-state index is 0.157. The van der Waals surface area contributed by atoms with Gasteiger partial charge in [-0.25, -0.2) is 0 Å². The summed E-state index contributed by atoms with van der Waals surface area (Å²) in [6.07, 6.45) is 4.62. The van der Waals surface area contributed by atoms with E-state index in [-0.39, 0.29) is 19.3 Å². The zero-order valence-electron chi connectivity index (χ0n) is 10.5. The molecule has 1 aromatic rings. The summed E-state index contributed by atoms with van der Waals surface area (Å²) in [5.74, 6) is 2.02. The molecule has 1 aliphatic rings. The van der Waals surface area contributed by atoms with Crippen LogP contribution in [-0.2, 0) is 15.7 Å². The van der Waals surface area contributed by atoms with E-state index >= 15 is 0 Å². The molecule has 2 nitrogen and oxygen atoms in total. The van der Waals surface area contributed by atoms with Crippen LogP contribution in [0.3, 0.4) is 0 Å². The normalized spacial score (nSPS) is 24.7. The molecule has 1 fully saturated rings. The lowest BCUT2D eigenvalue weighted by atomic mass is 9.89. The first-order valence-electron chi connectivity index (χ1n) is 6.27. The van der Waals surface area contributed by atoms with Gasteiger partial charge < -0.3 is 9.31 Å². The van der Waals surface area contributed by atoms with Gasteiger partial charge in [0.1, 0.15) is 0 Å². The molecule has 2 unspecified atom stereocenters. The van der Waals surface area contributed by atoms with Crippen molar-refractivity contribution in [2.75, 3.05) is 0 Å². The van der Waals surface area contributed by atoms with E-state index in [0.29, 0.717) is 0 Å². The van der Waals surface area contributed by atoms with Crippen LogP contribution in [0.15, 0.2) is 42.4 Å². The quantitative estimate of drug-likeness (QED) is 0.740. The fourth-order valence-corrected chi connectivity index (χ4v) is 1.87. The van der Waals surface area contributed by atoms with Gasteiger partial charge in [0.25, 0.3) is 0 Å². The van der Waals surface area contributed by atoms with Crippen molar-refractivity contribution in [3.8, 4) is 0 Å². The fourth-order valence-electron chi connectivity index (χ4n) is 1.87. The lowest BCUT2D eigenvalue weighted by Gasteiger charge is -2.04. The standard InChI is InChI=1S/C14H19BO2/c1-12-13(2)17-15(16-12)11-7-6-10-14-8-4-3-5-9-14/h3-5,7-9,11-13H,6,10H2,1-2H3/b11-7+. The second-order valence-corrected chi connectivity index (χ2v) is 4.50. The maximum atomic E-state index is 5.62. The van der Waals surface area contributed by atoms with Gasteiger partial charge in [0.05, 0.1) is 12.2 Å². The van der Waals surface area contributed by atoms with E-state index in [4.69, 9.17) is 9.31 Å². The van der Waals surface area contributed by atoms with Crippen molar-refractivity contribution in [3.05, 3.63) is 47.9 Å². The third kappa shape index (κ3) is 3.72. The van der Waals surface area contributed by atoms with Gasteiger partial charge in [-0.15, -0.1) is 0 Å². The average Bonchev–Trinajstić information content (AvgIpc) is 2.66. The first-order chi connectivity index (χ1) is 8.25. The number of rotatable bonds is 4. The zero-order chi connectivity index (χ0) is 12.1. The van der Waals surface area contributed by atoms with Crippen LogP contribution in [0.1, 0.15) is 25.8 Å². The van der Waals surface area contributed by atoms with E-state index in [1.807, 2.05) is 25.9 Å². The summed E-state index contributed by atoms with van der Waals surface area (Å²) in [7, 11) is -0.157. The van der Waals surface area contributed by atoms with Crippen LogP contribution in [0, 0.1) is 0 Å². The lowest BCUT2D eigenvalue weighted by molar-refractivity contribution is 0.187. The highest BCUT2D eigenvalue weighted by Gasteiger charge is 2.31. The molecule has 0 N–H and O–H groups in total. The van der Waals surface area contributed by atoms with Gasteiger partial charge in [-0.1, -0.05) is 42.4 Å². The van der Waals surface area contributed by atoms with Crippen LogP contribution < -0.4 is 0 Å². The molecular weight excluding hydrogens is 211 g/mol. The first-order valence-corrected chi connectivity index (χ1v) is 6.27. The van der Waals surface area contributed by atoms with Crippen molar-refractivity contribution in [1.29, 1.82) is 0 Å². The topological polar surface area (TPSA) is 18.5 Å². The summed E-state index contributed by atoms with van der Waals surface area (Å²) in [5.41, 5.74) is 1.37. The second kappa shape index (κ2) is 6.03. The molecule has 0 saturated carbocycles. The monoisotopic (exact) mass is 230 g/mol. The third-order valence-electron chi connectivity index (χ3n) is 3.09. The minimum atomic E-state index is -0.157. The molecule has 0 bridgehead atoms. The van der Waals surface area contributed by atoms with E-state index in [1.165, 1.54) is 5.56 Å². The molecule has 3 heteroatoms. The number of benzene rings is 1. The number of aryl methyl sites for hydroxylation is 1. The van der Waals surface area contributed by atoms with Gasteiger partial charge in [0, 0.05) is 0 Å². The molecule has 2 atom stereocenters. The van der Waals surface area contributed by atoms with Crippen LogP contribution in [0.5, 0.6) is 0 Å². The van der Waals surface area contributed by atoms with Crippen LogP contribution in [0.2, 0.25) is 0 Å². The molecule has 0 aromatic heterocycles. The minimum Gasteiger partial charge on any atom is -0.403 e. The molecule has 1 aromatic carbocycles. The first kappa shape index (κ1) is 12.4. The summed E-state index contributed by atoms with van der Waals surface area (Å²) in [6, 6.07) is 10.5. The highest BCUT2D eigenvalue weighted by Crippen LogP contribution is 2.16. The molecule has 90 valence electrons. The maximum absolute atomic E-state index is 5.62. The Balaban J connectivity index is 1.72. The molecule has 17 heavy (non-hydrogen) atoms. The SMILES string of the molecule is CC1OB(/C=C/CCc2ccccc2)OC1C. The molecule has 1 aliphatic heterocycles. The number of allylic oxidation sites excluding steroid dienone is 1. The van der Waals surface area contributed by atoms with Crippen molar-refractivity contribution in [3.63, 3.8) is 0 Å². The summed E-state index contributed by atoms with van der Waals surface area (Å²) in [5, 5.41) is 0. The molecule has 1 saturated heterocycles. The Bertz CT molecular complexity index is 354. The molecule has 2 rings (SSSR count). The molecule has 0 amide bonds. The van der Waals surface area contributed by atoms with Gasteiger partial charge in [-0.05, 0) is 32.3 Å². The van der Waals surface area contributed by atoms with Crippen molar-refractivity contribution < 1.29 is 9.31 Å². The van der Waals surface area contributed by atoms with Crippen molar-refractivity contribution in [1.82, 2.24) is 0 Å². The third-order valence-corrected chi connectivity index (χ3v) is 3.09. The van der Waals surface area contributed by atoms with Gasteiger partial charge in [-0.2, -0.15) is 0 Å². The average molecular weight is 230 g/mol. The Morgan fingerprint density at radius 1 is 1.12 bits per heavy atom. The predicted octanol–water partition coefficient (Wildman–Crippen LogP) is 3.03. The Morgan fingerprint density at radius 2 is 1.76 bits per heavy atom. The molecule has 0 spiro atoms. The van der Waals surface area contributed by atoms with Gasteiger partial charge in [-0.3, -0.25) is 0 Å². The van der Waals surface area contributed by atoms with E-state index in [9.17, 15) is 0 Å². The largest absolute Gasteiger partial charge is 0.486 e. The summed E-state index contributed by atoms with van der Waals surface area (Å²) < 4.78 is 11.2. The van der Waals surface area contributed by atoms with Gasteiger partial charge in [0.15, 0.2) is 0 Å². The van der Waals surface area contributed by atoms with Crippen LogP contribution in [-0.4, -0.2) is 19.3 Å². The van der Waals surface area contributed by atoms with Gasteiger partial charge in [0.2, 0.25) is 0 Å². The Labute approximate surface area is 104 Å². The van der Waals surface area contributed by atoms with Crippen LogP contribution >= 0.6 is 0 Å². The fraction of sp³-hybridized carbons (Fsp3) is 0.429. The van der Waals surface area contributed by atoms with E-state index in [0.717, 1.165) is 12.8 Å². The maximum Gasteiger partial charge on any atom is 0.486 e. The number of hydrogen-bond donors (Lipinski definition) is 0. The van der Waals surface area contributed by atoms with E-state index in [2.05, 4.69) is 30.3 Å². The van der Waals surface area contributed by atoms with E-state index < -0.39 is 0 Å². The smallest absolute Gasteiger partial charge is 0.403 e. The number of hydrogen-bond acceptors (Lipinski definition) is 2. The Hall–Kier alpha value is -1.06. The molecule has 0 radical (unpaired) electrons. The summed E-state index contributed by atoms with van der Waals surface area (Å²) in [4.78, 5) is 0. The second-order valence-electron chi connectivity index (χ2n) is 4.50. The molecule has 0 aliphatic carbocycles. The molecule has 1 heterocycles. The van der Waals surface area contributed by atoms with Crippen LogP contribution in [0.25, 0.3) is 0 Å². The zero-order valence-corrected chi connectivity index (χ0v) is 10.5. The van der Waals surface area contributed by atoms with Crippen LogP contribution in [0.4, 0.5) is 0 Å². The molecular formula is C14H19BO2.